The molecule has 0 amide bonds. The highest BCUT2D eigenvalue weighted by Gasteiger charge is 2.51. The molecule has 0 radical (unpaired) electrons. The SMILES string of the molecule is COSC12CC3CC(CC(C3)C1)C2. The van der Waals surface area contributed by atoms with E-state index in [1.54, 1.807) is 12.0 Å². The van der Waals surface area contributed by atoms with Crippen LogP contribution >= 0.6 is 12.0 Å². The van der Waals surface area contributed by atoms with Gasteiger partial charge in [0.1, 0.15) is 0 Å². The monoisotopic (exact) mass is 198 g/mol. The summed E-state index contributed by atoms with van der Waals surface area (Å²) in [7, 11) is 1.84. The Labute approximate surface area is 84.8 Å². The van der Waals surface area contributed by atoms with Gasteiger partial charge in [-0.2, -0.15) is 0 Å². The van der Waals surface area contributed by atoms with Gasteiger partial charge in [0.25, 0.3) is 0 Å². The second-order valence-electron chi connectivity index (χ2n) is 5.35. The highest BCUT2D eigenvalue weighted by atomic mass is 32.2. The lowest BCUT2D eigenvalue weighted by atomic mass is 9.56. The largest absolute Gasteiger partial charge is 0.318 e. The molecule has 1 nitrogen and oxygen atoms in total. The quantitative estimate of drug-likeness (QED) is 0.630. The fourth-order valence-corrected chi connectivity index (χ4v) is 5.57. The van der Waals surface area contributed by atoms with E-state index in [1.165, 1.54) is 38.5 Å². The molecule has 0 unspecified atom stereocenters. The number of rotatable bonds is 2. The molecular formula is C11H18OS. The van der Waals surface area contributed by atoms with Gasteiger partial charge in [0.15, 0.2) is 0 Å². The van der Waals surface area contributed by atoms with Crippen LogP contribution in [0.15, 0.2) is 0 Å². The standard InChI is InChI=1S/C11H18OS/c1-12-13-11-5-8-2-9(6-11)4-10(3-8)7-11/h8-10H,2-7H2,1H3. The highest BCUT2D eigenvalue weighted by Crippen LogP contribution is 2.60. The van der Waals surface area contributed by atoms with Crippen molar-refractivity contribution in [2.75, 3.05) is 7.11 Å². The molecular weight excluding hydrogens is 180 g/mol. The molecule has 74 valence electrons. The lowest BCUT2D eigenvalue weighted by Crippen LogP contribution is -2.48. The lowest BCUT2D eigenvalue weighted by Gasteiger charge is -2.55. The van der Waals surface area contributed by atoms with Crippen LogP contribution < -0.4 is 0 Å². The van der Waals surface area contributed by atoms with Crippen molar-refractivity contribution in [2.45, 2.75) is 43.3 Å². The third-order valence-corrected chi connectivity index (χ3v) is 5.26. The summed E-state index contributed by atoms with van der Waals surface area (Å²) in [6, 6.07) is 0. The molecule has 0 N–H and O–H groups in total. The van der Waals surface area contributed by atoms with E-state index in [0.717, 1.165) is 17.8 Å². The molecule has 0 aromatic rings. The summed E-state index contributed by atoms with van der Waals surface area (Å²) >= 11 is 1.79. The van der Waals surface area contributed by atoms with E-state index >= 15 is 0 Å². The van der Waals surface area contributed by atoms with Gasteiger partial charge in [0.05, 0.1) is 7.11 Å². The normalized spacial score (nSPS) is 52.8. The second kappa shape index (κ2) is 2.90. The Morgan fingerprint density at radius 3 is 1.85 bits per heavy atom. The Balaban J connectivity index is 1.83. The van der Waals surface area contributed by atoms with Crippen LogP contribution in [0.5, 0.6) is 0 Å². The van der Waals surface area contributed by atoms with E-state index in [9.17, 15) is 0 Å². The Hall–Kier alpha value is 0.310. The molecule has 0 spiro atoms. The molecule has 4 saturated carbocycles. The van der Waals surface area contributed by atoms with E-state index in [2.05, 4.69) is 0 Å². The summed E-state index contributed by atoms with van der Waals surface area (Å²) in [5.74, 6) is 3.15. The summed E-state index contributed by atoms with van der Waals surface area (Å²) < 4.78 is 5.89. The van der Waals surface area contributed by atoms with Gasteiger partial charge in [0, 0.05) is 4.75 Å². The van der Waals surface area contributed by atoms with Gasteiger partial charge in [-0.15, -0.1) is 0 Å². The Kier molecular flexibility index (Phi) is 1.92. The molecule has 4 aliphatic rings. The predicted molar refractivity (Wildman–Crippen MR) is 55.5 cm³/mol. The van der Waals surface area contributed by atoms with Crippen LogP contribution in [0, 0.1) is 17.8 Å². The second-order valence-corrected chi connectivity index (χ2v) is 6.72. The van der Waals surface area contributed by atoms with Crippen LogP contribution in [-0.4, -0.2) is 11.9 Å². The molecule has 0 aromatic carbocycles. The highest BCUT2D eigenvalue weighted by molar-refractivity contribution is 7.96. The van der Waals surface area contributed by atoms with Gasteiger partial charge < -0.3 is 4.18 Å². The van der Waals surface area contributed by atoms with Crippen LogP contribution in [0.25, 0.3) is 0 Å². The van der Waals surface area contributed by atoms with Crippen molar-refractivity contribution in [3.05, 3.63) is 0 Å². The molecule has 0 aromatic heterocycles. The minimum absolute atomic E-state index is 0.545. The Morgan fingerprint density at radius 1 is 1.00 bits per heavy atom. The van der Waals surface area contributed by atoms with Gasteiger partial charge in [-0.3, -0.25) is 0 Å². The minimum atomic E-state index is 0.545. The number of hydrogen-bond acceptors (Lipinski definition) is 2. The van der Waals surface area contributed by atoms with Crippen molar-refractivity contribution in [1.82, 2.24) is 0 Å². The summed E-state index contributed by atoms with van der Waals surface area (Å²) in [5, 5.41) is 0. The van der Waals surface area contributed by atoms with Crippen molar-refractivity contribution in [2.24, 2.45) is 17.8 Å². The zero-order valence-corrected chi connectivity index (χ0v) is 9.11. The lowest BCUT2D eigenvalue weighted by molar-refractivity contribution is 0.0357. The van der Waals surface area contributed by atoms with Gasteiger partial charge in [0.2, 0.25) is 0 Å². The van der Waals surface area contributed by atoms with Crippen molar-refractivity contribution >= 4 is 12.0 Å². The third-order valence-electron chi connectivity index (χ3n) is 4.24. The van der Waals surface area contributed by atoms with Crippen LogP contribution in [-0.2, 0) is 4.18 Å². The molecule has 4 fully saturated rings. The first-order chi connectivity index (χ1) is 6.30. The van der Waals surface area contributed by atoms with Crippen molar-refractivity contribution in [1.29, 1.82) is 0 Å². The van der Waals surface area contributed by atoms with Crippen LogP contribution in [0.4, 0.5) is 0 Å². The molecule has 4 aliphatic carbocycles. The summed E-state index contributed by atoms with van der Waals surface area (Å²) in [6.45, 7) is 0. The van der Waals surface area contributed by atoms with E-state index in [1.807, 2.05) is 7.11 Å². The number of hydrogen-bond donors (Lipinski definition) is 0. The van der Waals surface area contributed by atoms with E-state index in [0.29, 0.717) is 4.75 Å². The molecule has 4 rings (SSSR count). The average molecular weight is 198 g/mol. The van der Waals surface area contributed by atoms with E-state index < -0.39 is 0 Å². The first-order valence-corrected chi connectivity index (χ1v) is 6.26. The van der Waals surface area contributed by atoms with Gasteiger partial charge in [-0.1, -0.05) is 0 Å². The maximum absolute atomic E-state index is 5.34. The minimum Gasteiger partial charge on any atom is -0.318 e. The smallest absolute Gasteiger partial charge is 0.0503 e. The van der Waals surface area contributed by atoms with Crippen molar-refractivity contribution in [3.8, 4) is 0 Å². The van der Waals surface area contributed by atoms with Crippen LogP contribution in [0.1, 0.15) is 38.5 Å². The predicted octanol–water partition coefficient (Wildman–Crippen LogP) is 3.25. The summed E-state index contributed by atoms with van der Waals surface area (Å²) in [6.07, 6.45) is 8.92. The Bertz CT molecular complexity index is 179. The molecule has 0 atom stereocenters. The van der Waals surface area contributed by atoms with E-state index in [-0.39, 0.29) is 0 Å². The van der Waals surface area contributed by atoms with Crippen LogP contribution in [0.3, 0.4) is 0 Å². The molecule has 2 heteroatoms. The van der Waals surface area contributed by atoms with Gasteiger partial charge in [-0.25, -0.2) is 0 Å². The van der Waals surface area contributed by atoms with Crippen molar-refractivity contribution < 1.29 is 4.18 Å². The molecule has 0 heterocycles. The first-order valence-electron chi connectivity index (χ1n) is 5.51. The zero-order chi connectivity index (χ0) is 8.89. The van der Waals surface area contributed by atoms with E-state index in [4.69, 9.17) is 4.18 Å². The fraction of sp³-hybridized carbons (Fsp3) is 1.00. The van der Waals surface area contributed by atoms with Crippen LogP contribution in [0.2, 0.25) is 0 Å². The maximum Gasteiger partial charge on any atom is 0.0503 e. The fourth-order valence-electron chi connectivity index (χ4n) is 4.31. The van der Waals surface area contributed by atoms with Gasteiger partial charge >= 0.3 is 0 Å². The molecule has 0 aliphatic heterocycles. The Morgan fingerprint density at radius 2 is 1.46 bits per heavy atom. The van der Waals surface area contributed by atoms with Crippen molar-refractivity contribution in [3.63, 3.8) is 0 Å². The molecule has 13 heavy (non-hydrogen) atoms. The first kappa shape index (κ1) is 8.60. The topological polar surface area (TPSA) is 9.23 Å². The zero-order valence-electron chi connectivity index (χ0n) is 8.29. The molecule has 4 bridgehead atoms. The maximum atomic E-state index is 5.34. The summed E-state index contributed by atoms with van der Waals surface area (Å²) in [5.41, 5.74) is 0. The summed E-state index contributed by atoms with van der Waals surface area (Å²) in [4.78, 5) is 0. The third kappa shape index (κ3) is 1.33. The molecule has 0 saturated heterocycles. The van der Waals surface area contributed by atoms with Gasteiger partial charge in [-0.05, 0) is 68.3 Å². The average Bonchev–Trinajstić information content (AvgIpc) is 2.00.